The fourth-order valence-corrected chi connectivity index (χ4v) is 5.13. The van der Waals surface area contributed by atoms with E-state index in [2.05, 4.69) is 10.1 Å². The van der Waals surface area contributed by atoms with Crippen LogP contribution >= 0.6 is 0 Å². The molecule has 1 amide bonds. The molecule has 2 aromatic carbocycles. The van der Waals surface area contributed by atoms with Crippen LogP contribution in [0.5, 0.6) is 0 Å². The summed E-state index contributed by atoms with van der Waals surface area (Å²) in [7, 11) is 0. The minimum absolute atomic E-state index is 0.0198. The molecule has 1 aliphatic rings. The number of hydrogen-bond donors (Lipinski definition) is 1. The first-order chi connectivity index (χ1) is 19.4. The Morgan fingerprint density at radius 1 is 1.10 bits per heavy atom. The summed E-state index contributed by atoms with van der Waals surface area (Å²) in [5.41, 5.74) is -0.818. The maximum atomic E-state index is 14.2. The van der Waals surface area contributed by atoms with E-state index >= 15 is 0 Å². The van der Waals surface area contributed by atoms with Crippen LogP contribution in [0.2, 0.25) is 0 Å². The Morgan fingerprint density at radius 2 is 1.80 bits per heavy atom. The predicted molar refractivity (Wildman–Crippen MR) is 136 cm³/mol. The van der Waals surface area contributed by atoms with Gasteiger partial charge in [-0.05, 0) is 25.5 Å². The molecule has 2 aromatic heterocycles. The molecule has 0 bridgehead atoms. The monoisotopic (exact) mass is 577 g/mol. The summed E-state index contributed by atoms with van der Waals surface area (Å²) < 4.78 is 84.8. The van der Waals surface area contributed by atoms with Crippen molar-refractivity contribution in [1.29, 1.82) is 0 Å². The second kappa shape index (κ2) is 10.8. The summed E-state index contributed by atoms with van der Waals surface area (Å²) in [5.74, 6) is -3.93. The highest BCUT2D eigenvalue weighted by molar-refractivity contribution is 6.00. The van der Waals surface area contributed by atoms with Gasteiger partial charge in [0.15, 0.2) is 23.0 Å². The molecule has 1 aliphatic heterocycles. The minimum atomic E-state index is -4.80. The average Bonchev–Trinajstić information content (AvgIpc) is 3.34. The number of aliphatic hydroxyl groups excluding tert-OH is 1. The number of carbonyl (C=O) groups excluding carboxylic acids is 1. The third-order valence-corrected chi connectivity index (χ3v) is 7.29. The second-order valence-corrected chi connectivity index (χ2v) is 10.0. The Bertz CT molecular complexity index is 1620. The van der Waals surface area contributed by atoms with Crippen LogP contribution in [-0.2, 0) is 19.3 Å². The predicted octanol–water partition coefficient (Wildman–Crippen LogP) is 4.98. The van der Waals surface area contributed by atoms with Crippen LogP contribution in [0, 0.1) is 24.4 Å². The number of rotatable bonds is 5. The molecule has 0 saturated carbocycles. The molecule has 216 valence electrons. The number of halogens is 6. The molecule has 5 rings (SSSR count). The van der Waals surface area contributed by atoms with Crippen molar-refractivity contribution in [1.82, 2.24) is 24.4 Å². The third kappa shape index (κ3) is 5.38. The lowest BCUT2D eigenvalue weighted by Crippen LogP contribution is -2.53. The van der Waals surface area contributed by atoms with E-state index in [1.165, 1.54) is 11.8 Å². The van der Waals surface area contributed by atoms with Gasteiger partial charge in [0.2, 0.25) is 0 Å². The smallest absolute Gasteiger partial charge is 0.392 e. The molecule has 13 heteroatoms. The number of fused-ring (bicyclic) bond motifs is 1. The molecule has 3 heterocycles. The van der Waals surface area contributed by atoms with Gasteiger partial charge < -0.3 is 10.0 Å². The van der Waals surface area contributed by atoms with Gasteiger partial charge in [0.25, 0.3) is 5.91 Å². The van der Waals surface area contributed by atoms with Crippen molar-refractivity contribution in [2.24, 2.45) is 0 Å². The van der Waals surface area contributed by atoms with Gasteiger partial charge in [-0.3, -0.25) is 9.69 Å². The SMILES string of the molecule is Cc1c(-c2ccc(CO)cc2)nc2c(C(=O)N3CCN(Cc4cc(F)cc(F)c4F)[C@H](C)C3)cnn2c1C(F)(F)F. The fourth-order valence-electron chi connectivity index (χ4n) is 5.13. The molecule has 0 spiro atoms. The molecule has 1 fully saturated rings. The Morgan fingerprint density at radius 3 is 2.44 bits per heavy atom. The van der Waals surface area contributed by atoms with E-state index in [9.17, 15) is 36.2 Å². The number of aromatic nitrogens is 3. The van der Waals surface area contributed by atoms with Crippen LogP contribution in [0.3, 0.4) is 0 Å². The number of amides is 1. The lowest BCUT2D eigenvalue weighted by molar-refractivity contribution is -0.143. The molecular weight excluding hydrogens is 552 g/mol. The van der Waals surface area contributed by atoms with Crippen molar-refractivity contribution in [3.05, 3.63) is 88.0 Å². The van der Waals surface area contributed by atoms with Gasteiger partial charge in [-0.1, -0.05) is 24.3 Å². The second-order valence-electron chi connectivity index (χ2n) is 10.0. The topological polar surface area (TPSA) is 74.0 Å². The van der Waals surface area contributed by atoms with Crippen LogP contribution in [0.25, 0.3) is 16.9 Å². The molecule has 7 nitrogen and oxygen atoms in total. The molecule has 1 atom stereocenters. The van der Waals surface area contributed by atoms with Crippen LogP contribution in [0.4, 0.5) is 26.3 Å². The molecule has 4 aromatic rings. The highest BCUT2D eigenvalue weighted by atomic mass is 19.4. The van der Waals surface area contributed by atoms with E-state index in [1.54, 1.807) is 36.1 Å². The van der Waals surface area contributed by atoms with E-state index < -0.39 is 35.2 Å². The van der Waals surface area contributed by atoms with Gasteiger partial charge in [-0.25, -0.2) is 22.7 Å². The number of carbonyl (C=O) groups is 1. The number of alkyl halides is 3. The number of aliphatic hydroxyl groups is 1. The molecule has 41 heavy (non-hydrogen) atoms. The van der Waals surface area contributed by atoms with E-state index in [0.29, 0.717) is 21.7 Å². The van der Waals surface area contributed by atoms with Gasteiger partial charge in [0.05, 0.1) is 18.5 Å². The van der Waals surface area contributed by atoms with E-state index in [-0.39, 0.29) is 66.9 Å². The largest absolute Gasteiger partial charge is 0.433 e. The van der Waals surface area contributed by atoms with Crippen molar-refractivity contribution in [2.45, 2.75) is 39.2 Å². The van der Waals surface area contributed by atoms with Crippen LogP contribution in [0.1, 0.15) is 39.7 Å². The lowest BCUT2D eigenvalue weighted by atomic mass is 10.0. The summed E-state index contributed by atoms with van der Waals surface area (Å²) >= 11 is 0. The highest BCUT2D eigenvalue weighted by Gasteiger charge is 2.39. The van der Waals surface area contributed by atoms with Crippen molar-refractivity contribution in [3.63, 3.8) is 0 Å². The first-order valence-electron chi connectivity index (χ1n) is 12.7. The number of benzene rings is 2. The summed E-state index contributed by atoms with van der Waals surface area (Å²) in [4.78, 5) is 21.2. The average molecular weight is 578 g/mol. The Labute approximate surface area is 230 Å². The van der Waals surface area contributed by atoms with E-state index in [0.717, 1.165) is 12.3 Å². The molecule has 1 N–H and O–H groups in total. The zero-order valence-electron chi connectivity index (χ0n) is 22.0. The van der Waals surface area contributed by atoms with Crippen molar-refractivity contribution in [3.8, 4) is 11.3 Å². The summed E-state index contributed by atoms with van der Waals surface area (Å²) in [6, 6.07) is 7.25. The van der Waals surface area contributed by atoms with Gasteiger partial charge >= 0.3 is 6.18 Å². The van der Waals surface area contributed by atoms with Gasteiger partial charge in [-0.15, -0.1) is 0 Å². The number of piperazine rings is 1. The van der Waals surface area contributed by atoms with Gasteiger partial charge in [-0.2, -0.15) is 18.3 Å². The maximum absolute atomic E-state index is 14.2. The minimum Gasteiger partial charge on any atom is -0.392 e. The summed E-state index contributed by atoms with van der Waals surface area (Å²) in [6.07, 6.45) is -3.75. The molecule has 0 aliphatic carbocycles. The van der Waals surface area contributed by atoms with E-state index in [4.69, 9.17) is 0 Å². The third-order valence-electron chi connectivity index (χ3n) is 7.29. The summed E-state index contributed by atoms with van der Waals surface area (Å²) in [6.45, 7) is 3.20. The normalized spacial score (nSPS) is 16.5. The fraction of sp³-hybridized carbons (Fsp3) is 0.321. The Balaban J connectivity index is 1.46. The highest BCUT2D eigenvalue weighted by Crippen LogP contribution is 2.36. The Hall–Kier alpha value is -3.97. The van der Waals surface area contributed by atoms with Crippen molar-refractivity contribution >= 4 is 11.6 Å². The molecule has 0 unspecified atom stereocenters. The van der Waals surface area contributed by atoms with Gasteiger partial charge in [0, 0.05) is 55.0 Å². The standard InChI is InChI=1S/C28H25F6N5O2/c1-15-12-38(8-7-37(15)13-19-9-20(29)10-22(30)23(19)31)27(41)21-11-35-39-25(28(32,33)34)16(2)24(36-26(21)39)18-5-3-17(14-40)4-6-18/h3-6,9-11,15,40H,7-8,12-14H2,1-2H3/t15-/m1/s1. The zero-order chi connectivity index (χ0) is 29.6. The maximum Gasteiger partial charge on any atom is 0.433 e. The van der Waals surface area contributed by atoms with Crippen LogP contribution in [-0.4, -0.2) is 61.1 Å². The number of hydrogen-bond acceptors (Lipinski definition) is 5. The number of nitrogens with zero attached hydrogens (tertiary/aromatic N) is 5. The first kappa shape index (κ1) is 28.6. The molecular formula is C28H25F6N5O2. The van der Waals surface area contributed by atoms with Crippen LogP contribution in [0.15, 0.2) is 42.6 Å². The summed E-state index contributed by atoms with van der Waals surface area (Å²) in [5, 5.41) is 13.2. The zero-order valence-corrected chi connectivity index (χ0v) is 22.0. The molecule has 1 saturated heterocycles. The quantitative estimate of drug-likeness (QED) is 0.268. The van der Waals surface area contributed by atoms with E-state index in [1.807, 2.05) is 0 Å². The lowest BCUT2D eigenvalue weighted by Gasteiger charge is -2.39. The Kier molecular flexibility index (Phi) is 7.51. The van der Waals surface area contributed by atoms with Crippen LogP contribution < -0.4 is 0 Å². The van der Waals surface area contributed by atoms with Crippen molar-refractivity contribution in [2.75, 3.05) is 19.6 Å². The first-order valence-corrected chi connectivity index (χ1v) is 12.7. The van der Waals surface area contributed by atoms with Crippen molar-refractivity contribution < 1.29 is 36.2 Å². The molecule has 0 radical (unpaired) electrons. The van der Waals surface area contributed by atoms with Gasteiger partial charge in [0.1, 0.15) is 11.4 Å².